The lowest BCUT2D eigenvalue weighted by Crippen LogP contribution is -2.36. The van der Waals surface area contributed by atoms with E-state index in [1.165, 1.54) is 0 Å². The number of nitrogens with zero attached hydrogens (tertiary/aromatic N) is 4. The predicted molar refractivity (Wildman–Crippen MR) is 122 cm³/mol. The van der Waals surface area contributed by atoms with Crippen molar-refractivity contribution in [2.24, 2.45) is 0 Å². The van der Waals surface area contributed by atoms with E-state index in [0.29, 0.717) is 41.4 Å². The van der Waals surface area contributed by atoms with Crippen LogP contribution in [0.25, 0.3) is 27.4 Å². The number of halogens is 1. The minimum atomic E-state index is -0.290. The Morgan fingerprint density at radius 1 is 1.10 bits per heavy atom. The molecular formula is C24H19ClN4O2. The quantitative estimate of drug-likeness (QED) is 0.475. The first-order valence-electron chi connectivity index (χ1n) is 10.0. The molecule has 1 amide bonds. The van der Waals surface area contributed by atoms with E-state index in [9.17, 15) is 9.59 Å². The summed E-state index contributed by atoms with van der Waals surface area (Å²) in [7, 11) is 0. The summed E-state index contributed by atoms with van der Waals surface area (Å²) in [4.78, 5) is 35.8. The minimum Gasteiger partial charge on any atom is -0.333 e. The average Bonchev–Trinajstić information content (AvgIpc) is 2.79. The molecule has 154 valence electrons. The van der Waals surface area contributed by atoms with E-state index >= 15 is 0 Å². The monoisotopic (exact) mass is 430 g/mol. The molecule has 6 nitrogen and oxygen atoms in total. The van der Waals surface area contributed by atoms with Crippen LogP contribution in [0.5, 0.6) is 0 Å². The fourth-order valence-electron chi connectivity index (χ4n) is 4.15. The predicted octanol–water partition coefficient (Wildman–Crippen LogP) is 4.29. The van der Waals surface area contributed by atoms with Gasteiger partial charge in [-0.15, -0.1) is 0 Å². The highest BCUT2D eigenvalue weighted by atomic mass is 35.5. The van der Waals surface area contributed by atoms with Crippen molar-refractivity contribution >= 4 is 44.9 Å². The van der Waals surface area contributed by atoms with Crippen LogP contribution in [0.4, 0.5) is 0 Å². The smallest absolute Gasteiger partial charge is 0.280 e. The zero-order chi connectivity index (χ0) is 21.5. The number of benzene rings is 2. The molecule has 1 aliphatic rings. The van der Waals surface area contributed by atoms with Gasteiger partial charge in [0.15, 0.2) is 0 Å². The molecule has 0 atom stereocenters. The number of hydrogen-bond acceptors (Lipinski definition) is 4. The lowest BCUT2D eigenvalue weighted by Gasteiger charge is -2.28. The Kier molecular flexibility index (Phi) is 4.79. The molecule has 0 saturated heterocycles. The second kappa shape index (κ2) is 7.63. The highest BCUT2D eigenvalue weighted by Gasteiger charge is 2.23. The summed E-state index contributed by atoms with van der Waals surface area (Å²) in [6, 6.07) is 14.9. The molecule has 0 radical (unpaired) electrons. The van der Waals surface area contributed by atoms with Crippen molar-refractivity contribution < 1.29 is 4.79 Å². The van der Waals surface area contributed by atoms with Crippen molar-refractivity contribution in [3.8, 4) is 0 Å². The lowest BCUT2D eigenvalue weighted by atomic mass is 10.1. The summed E-state index contributed by atoms with van der Waals surface area (Å²) in [5.74, 6) is 0.528. The van der Waals surface area contributed by atoms with Gasteiger partial charge in [-0.05, 0) is 42.7 Å². The number of fused-ring (bicyclic) bond motifs is 2. The second-order valence-electron chi connectivity index (χ2n) is 7.54. The summed E-state index contributed by atoms with van der Waals surface area (Å²) >= 11 is 6.08. The van der Waals surface area contributed by atoms with Gasteiger partial charge in [-0.2, -0.15) is 4.98 Å². The van der Waals surface area contributed by atoms with Gasteiger partial charge in [0.2, 0.25) is 0 Å². The third-order valence-electron chi connectivity index (χ3n) is 5.65. The Hall–Kier alpha value is -3.51. The van der Waals surface area contributed by atoms with E-state index in [1.54, 1.807) is 23.2 Å². The maximum Gasteiger partial charge on any atom is 0.280 e. The van der Waals surface area contributed by atoms with Crippen molar-refractivity contribution in [3.63, 3.8) is 0 Å². The molecule has 0 unspecified atom stereocenters. The summed E-state index contributed by atoms with van der Waals surface area (Å²) in [6.45, 7) is 2.82. The lowest BCUT2D eigenvalue weighted by molar-refractivity contribution is 0.0768. The van der Waals surface area contributed by atoms with Crippen LogP contribution in [0, 0.1) is 6.92 Å². The molecule has 0 bridgehead atoms. The fourth-order valence-corrected chi connectivity index (χ4v) is 4.33. The molecule has 0 saturated carbocycles. The Morgan fingerprint density at radius 3 is 2.74 bits per heavy atom. The first kappa shape index (κ1) is 19.5. The molecule has 1 aliphatic heterocycles. The van der Waals surface area contributed by atoms with Gasteiger partial charge in [0, 0.05) is 41.8 Å². The molecule has 0 fully saturated rings. The van der Waals surface area contributed by atoms with E-state index in [2.05, 4.69) is 9.97 Å². The van der Waals surface area contributed by atoms with Crippen molar-refractivity contribution in [3.05, 3.63) is 87.7 Å². The van der Waals surface area contributed by atoms with Gasteiger partial charge < -0.3 is 9.47 Å². The van der Waals surface area contributed by atoms with E-state index in [4.69, 9.17) is 11.6 Å². The highest BCUT2D eigenvalue weighted by Crippen LogP contribution is 2.25. The van der Waals surface area contributed by atoms with E-state index in [0.717, 1.165) is 22.0 Å². The molecule has 4 aromatic rings. The number of carbonyl (C=O) groups excluding carboxylic acids is 1. The number of aryl methyl sites for hydroxylation is 1. The summed E-state index contributed by atoms with van der Waals surface area (Å²) in [6.07, 6.45) is 4.33. The Balaban J connectivity index is 1.49. The Bertz CT molecular complexity index is 1440. The van der Waals surface area contributed by atoms with Gasteiger partial charge in [0.1, 0.15) is 11.5 Å². The van der Waals surface area contributed by atoms with Crippen molar-refractivity contribution in [1.29, 1.82) is 0 Å². The first-order valence-corrected chi connectivity index (χ1v) is 10.4. The third-order valence-corrected chi connectivity index (χ3v) is 5.89. The van der Waals surface area contributed by atoms with E-state index in [1.807, 2.05) is 54.0 Å². The van der Waals surface area contributed by atoms with Gasteiger partial charge in [0.05, 0.1) is 10.9 Å². The van der Waals surface area contributed by atoms with Crippen LogP contribution >= 0.6 is 11.6 Å². The van der Waals surface area contributed by atoms with Gasteiger partial charge in [-0.1, -0.05) is 35.9 Å². The van der Waals surface area contributed by atoms with Crippen LogP contribution in [-0.4, -0.2) is 38.4 Å². The van der Waals surface area contributed by atoms with Crippen LogP contribution in [0.15, 0.2) is 65.6 Å². The molecule has 7 heteroatoms. The van der Waals surface area contributed by atoms with Crippen LogP contribution < -0.4 is 5.56 Å². The van der Waals surface area contributed by atoms with Crippen LogP contribution in [0.3, 0.4) is 0 Å². The molecular weight excluding hydrogens is 412 g/mol. The molecule has 5 rings (SSSR count). The van der Waals surface area contributed by atoms with E-state index in [-0.39, 0.29) is 11.5 Å². The summed E-state index contributed by atoms with van der Waals surface area (Å²) in [5.41, 5.74) is 1.95. The minimum absolute atomic E-state index is 0.0847. The second-order valence-corrected chi connectivity index (χ2v) is 7.97. The topological polar surface area (TPSA) is 68.1 Å². The number of hydrogen-bond donors (Lipinski definition) is 0. The zero-order valence-corrected chi connectivity index (χ0v) is 17.6. The first-order chi connectivity index (χ1) is 15.0. The van der Waals surface area contributed by atoms with Gasteiger partial charge >= 0.3 is 0 Å². The van der Waals surface area contributed by atoms with Crippen LogP contribution in [-0.2, 0) is 0 Å². The number of carbonyl (C=O) groups is 1. The maximum absolute atomic E-state index is 13.2. The largest absolute Gasteiger partial charge is 0.333 e. The van der Waals surface area contributed by atoms with Crippen molar-refractivity contribution in [1.82, 2.24) is 19.4 Å². The number of rotatable bonds is 2. The van der Waals surface area contributed by atoms with Crippen molar-refractivity contribution in [2.45, 2.75) is 13.3 Å². The number of amides is 1. The average molecular weight is 431 g/mol. The molecule has 2 aromatic carbocycles. The van der Waals surface area contributed by atoms with Crippen molar-refractivity contribution in [2.75, 3.05) is 13.1 Å². The Morgan fingerprint density at radius 2 is 1.94 bits per heavy atom. The number of aromatic nitrogens is 3. The summed E-state index contributed by atoms with van der Waals surface area (Å²) < 4.78 is 1.98. The number of pyridine rings is 1. The Labute approximate surface area is 183 Å². The molecule has 0 N–H and O–H groups in total. The molecule has 2 aromatic heterocycles. The van der Waals surface area contributed by atoms with Gasteiger partial charge in [0.25, 0.3) is 11.5 Å². The van der Waals surface area contributed by atoms with Crippen LogP contribution in [0.2, 0.25) is 5.02 Å². The zero-order valence-electron chi connectivity index (χ0n) is 16.9. The molecule has 31 heavy (non-hydrogen) atoms. The maximum atomic E-state index is 13.2. The third kappa shape index (κ3) is 3.39. The fraction of sp³-hybridized carbons (Fsp3) is 0.167. The molecule has 0 spiro atoms. The van der Waals surface area contributed by atoms with Gasteiger partial charge in [-0.3, -0.25) is 14.6 Å². The molecule has 3 heterocycles. The standard InChI is InChI=1S/C24H19ClN4O2/c1-15-27-23(30)20-14-17(25)6-7-21(20)29(15)18-9-12-28(13-10-18)24(31)22-19-5-3-2-4-16(19)8-11-26-22/h2-9,11,14H,10,12-13H2,1H3. The highest BCUT2D eigenvalue weighted by molar-refractivity contribution is 6.31. The molecule has 0 aliphatic carbocycles. The van der Waals surface area contributed by atoms with Gasteiger partial charge in [-0.25, -0.2) is 0 Å². The summed E-state index contributed by atoms with van der Waals surface area (Å²) in [5, 5.41) is 2.83. The van der Waals surface area contributed by atoms with E-state index < -0.39 is 0 Å². The van der Waals surface area contributed by atoms with Crippen LogP contribution in [0.1, 0.15) is 22.7 Å². The SMILES string of the molecule is Cc1nc(=O)c2cc(Cl)ccc2n1C1=CCN(C(=O)c2nccc3ccccc23)CC1. The normalized spacial score (nSPS) is 14.1.